The van der Waals surface area contributed by atoms with Crippen LogP contribution in [0.3, 0.4) is 0 Å². The van der Waals surface area contributed by atoms with Gasteiger partial charge < -0.3 is 16.0 Å². The molecule has 4 rings (SSSR count). The first-order valence-electron chi connectivity index (χ1n) is 7.62. The number of nitrogen functional groups attached to an aromatic ring is 1. The summed E-state index contributed by atoms with van der Waals surface area (Å²) in [6.07, 6.45) is 7.14. The van der Waals surface area contributed by atoms with Crippen LogP contribution in [0.5, 0.6) is 0 Å². The van der Waals surface area contributed by atoms with E-state index in [2.05, 4.69) is 25.3 Å². The summed E-state index contributed by atoms with van der Waals surface area (Å²) in [4.78, 5) is 16.3. The summed E-state index contributed by atoms with van der Waals surface area (Å²) in [6, 6.07) is 11.7. The van der Waals surface area contributed by atoms with Crippen LogP contribution in [0.15, 0.2) is 61.2 Å². The van der Waals surface area contributed by atoms with E-state index in [9.17, 15) is 0 Å². The van der Waals surface area contributed by atoms with Crippen LogP contribution in [0.25, 0.3) is 22.3 Å². The molecule has 0 saturated carbocycles. The number of hydrogen-bond donors (Lipinski definition) is 3. The number of aromatic amines is 1. The zero-order valence-electron chi connectivity index (χ0n) is 12.9. The highest BCUT2D eigenvalue weighted by Crippen LogP contribution is 2.29. The molecule has 0 spiro atoms. The normalized spacial score (nSPS) is 10.8. The lowest BCUT2D eigenvalue weighted by Crippen LogP contribution is -2.02. The number of nitrogens with one attached hydrogen (secondary N) is 2. The molecule has 0 saturated heterocycles. The molecule has 0 aliphatic heterocycles. The molecule has 6 heteroatoms. The van der Waals surface area contributed by atoms with Crippen LogP contribution in [0, 0.1) is 0 Å². The van der Waals surface area contributed by atoms with Gasteiger partial charge in [-0.1, -0.05) is 6.07 Å². The zero-order valence-corrected chi connectivity index (χ0v) is 12.9. The third-order valence-corrected chi connectivity index (χ3v) is 3.79. The van der Waals surface area contributed by atoms with E-state index >= 15 is 0 Å². The summed E-state index contributed by atoms with van der Waals surface area (Å²) in [6.45, 7) is 0.654. The maximum absolute atomic E-state index is 5.74. The molecule has 0 bridgehead atoms. The Labute approximate surface area is 138 Å². The van der Waals surface area contributed by atoms with E-state index in [-0.39, 0.29) is 0 Å². The number of fused-ring (bicyclic) bond motifs is 1. The highest BCUT2D eigenvalue weighted by atomic mass is 15.0. The first-order valence-corrected chi connectivity index (χ1v) is 7.62. The molecular formula is C18H16N6. The number of H-pyrrole nitrogens is 1. The molecule has 118 valence electrons. The highest BCUT2D eigenvalue weighted by Gasteiger charge is 2.10. The van der Waals surface area contributed by atoms with Crippen molar-refractivity contribution in [1.29, 1.82) is 0 Å². The Balaban J connectivity index is 1.71. The first-order chi connectivity index (χ1) is 11.8. The van der Waals surface area contributed by atoms with Gasteiger partial charge in [0, 0.05) is 36.1 Å². The predicted molar refractivity (Wildman–Crippen MR) is 95.3 cm³/mol. The Morgan fingerprint density at radius 2 is 2.08 bits per heavy atom. The van der Waals surface area contributed by atoms with E-state index in [1.165, 1.54) is 0 Å². The second kappa shape index (κ2) is 6.00. The molecule has 4 aromatic heterocycles. The number of nitrogens with two attached hydrogens (primary N) is 1. The Morgan fingerprint density at radius 1 is 1.12 bits per heavy atom. The smallest absolute Gasteiger partial charge is 0.140 e. The fourth-order valence-corrected chi connectivity index (χ4v) is 2.60. The summed E-state index contributed by atoms with van der Waals surface area (Å²) in [5, 5.41) is 4.37. The summed E-state index contributed by atoms with van der Waals surface area (Å²) >= 11 is 0. The van der Waals surface area contributed by atoms with E-state index in [0.717, 1.165) is 33.7 Å². The Morgan fingerprint density at radius 3 is 2.88 bits per heavy atom. The zero-order chi connectivity index (χ0) is 16.4. The van der Waals surface area contributed by atoms with Gasteiger partial charge in [0.05, 0.1) is 17.6 Å². The van der Waals surface area contributed by atoms with E-state index < -0.39 is 0 Å². The van der Waals surface area contributed by atoms with Crippen LogP contribution in [0.1, 0.15) is 5.56 Å². The van der Waals surface area contributed by atoms with Crippen molar-refractivity contribution in [2.45, 2.75) is 6.54 Å². The minimum atomic E-state index is 0.646. The molecule has 0 unspecified atom stereocenters. The van der Waals surface area contributed by atoms with Crippen molar-refractivity contribution in [3.63, 3.8) is 0 Å². The van der Waals surface area contributed by atoms with Gasteiger partial charge in [0.2, 0.25) is 0 Å². The number of aromatic nitrogens is 4. The second-order valence-electron chi connectivity index (χ2n) is 5.49. The molecule has 4 N–H and O–H groups in total. The van der Waals surface area contributed by atoms with Crippen LogP contribution in [0.2, 0.25) is 0 Å². The van der Waals surface area contributed by atoms with Crippen LogP contribution in [0.4, 0.5) is 11.5 Å². The molecule has 0 aliphatic carbocycles. The molecule has 0 atom stereocenters. The van der Waals surface area contributed by atoms with Crippen molar-refractivity contribution in [3.05, 3.63) is 66.7 Å². The topological polar surface area (TPSA) is 92.5 Å². The minimum absolute atomic E-state index is 0.646. The molecule has 24 heavy (non-hydrogen) atoms. The maximum Gasteiger partial charge on any atom is 0.140 e. The quantitative estimate of drug-likeness (QED) is 0.537. The molecule has 6 nitrogen and oxygen atoms in total. The Bertz CT molecular complexity index is 960. The van der Waals surface area contributed by atoms with Crippen molar-refractivity contribution in [2.75, 3.05) is 11.1 Å². The van der Waals surface area contributed by atoms with Gasteiger partial charge in [-0.2, -0.15) is 0 Å². The van der Waals surface area contributed by atoms with E-state index in [4.69, 9.17) is 5.73 Å². The second-order valence-corrected chi connectivity index (χ2v) is 5.49. The van der Waals surface area contributed by atoms with Crippen molar-refractivity contribution < 1.29 is 0 Å². The van der Waals surface area contributed by atoms with E-state index in [1.807, 2.05) is 48.8 Å². The third kappa shape index (κ3) is 2.77. The molecule has 0 fully saturated rings. The van der Waals surface area contributed by atoms with E-state index in [1.54, 1.807) is 12.4 Å². The monoisotopic (exact) mass is 316 g/mol. The summed E-state index contributed by atoms with van der Waals surface area (Å²) in [5.74, 6) is 0.780. The molecule has 0 aromatic carbocycles. The number of rotatable bonds is 4. The maximum atomic E-state index is 5.74. The van der Waals surface area contributed by atoms with E-state index in [0.29, 0.717) is 12.2 Å². The fraction of sp³-hybridized carbons (Fsp3) is 0.0556. The van der Waals surface area contributed by atoms with Crippen molar-refractivity contribution in [2.24, 2.45) is 0 Å². The van der Waals surface area contributed by atoms with Crippen LogP contribution in [-0.2, 0) is 6.54 Å². The summed E-state index contributed by atoms with van der Waals surface area (Å²) < 4.78 is 0. The summed E-state index contributed by atoms with van der Waals surface area (Å²) in [7, 11) is 0. The van der Waals surface area contributed by atoms with Crippen molar-refractivity contribution >= 4 is 22.5 Å². The highest BCUT2D eigenvalue weighted by molar-refractivity contribution is 5.93. The Hall–Kier alpha value is -3.41. The SMILES string of the molecule is Nc1ccc(-c2cc(NCc3cccnc3)nc3[nH]ccc23)nc1. The average molecular weight is 316 g/mol. The van der Waals surface area contributed by atoms with Gasteiger partial charge in [0.25, 0.3) is 0 Å². The lowest BCUT2D eigenvalue weighted by molar-refractivity contribution is 1.09. The summed E-state index contributed by atoms with van der Waals surface area (Å²) in [5.41, 5.74) is 10.2. The van der Waals surface area contributed by atoms with Crippen LogP contribution in [-0.4, -0.2) is 19.9 Å². The average Bonchev–Trinajstić information content (AvgIpc) is 3.09. The lowest BCUT2D eigenvalue weighted by Gasteiger charge is -2.09. The van der Waals surface area contributed by atoms with Gasteiger partial charge in [0.15, 0.2) is 0 Å². The molecule has 0 amide bonds. The van der Waals surface area contributed by atoms with Gasteiger partial charge in [-0.05, 0) is 35.9 Å². The molecule has 4 heterocycles. The number of pyridine rings is 3. The molecule has 0 radical (unpaired) electrons. The number of nitrogens with zero attached hydrogens (tertiary/aromatic N) is 3. The van der Waals surface area contributed by atoms with Crippen molar-refractivity contribution in [3.8, 4) is 11.3 Å². The van der Waals surface area contributed by atoms with Gasteiger partial charge in [-0.3, -0.25) is 9.97 Å². The first kappa shape index (κ1) is 14.2. The Kier molecular flexibility index (Phi) is 3.55. The molecular weight excluding hydrogens is 300 g/mol. The molecule has 0 aliphatic rings. The van der Waals surface area contributed by atoms with Gasteiger partial charge in [-0.15, -0.1) is 0 Å². The fourth-order valence-electron chi connectivity index (χ4n) is 2.60. The number of anilines is 2. The molecule has 4 aromatic rings. The van der Waals surface area contributed by atoms with Crippen LogP contribution >= 0.6 is 0 Å². The van der Waals surface area contributed by atoms with Crippen molar-refractivity contribution in [1.82, 2.24) is 19.9 Å². The minimum Gasteiger partial charge on any atom is -0.397 e. The van der Waals surface area contributed by atoms with Gasteiger partial charge >= 0.3 is 0 Å². The van der Waals surface area contributed by atoms with Gasteiger partial charge in [0.1, 0.15) is 11.5 Å². The van der Waals surface area contributed by atoms with Gasteiger partial charge in [-0.25, -0.2) is 4.98 Å². The lowest BCUT2D eigenvalue weighted by atomic mass is 10.1. The predicted octanol–water partition coefficient (Wildman–Crippen LogP) is 3.21. The largest absolute Gasteiger partial charge is 0.397 e. The standard InChI is InChI=1S/C18H16N6/c19-13-3-4-16(22-11-13)15-8-17(24-18-14(15)5-7-21-18)23-10-12-2-1-6-20-9-12/h1-9,11H,10,19H2,(H2,21,23,24). The number of hydrogen-bond acceptors (Lipinski definition) is 5. The van der Waals surface area contributed by atoms with Crippen LogP contribution < -0.4 is 11.1 Å². The third-order valence-electron chi connectivity index (χ3n) is 3.79.